The fraction of sp³-hybridized carbons (Fsp3) is 0.556. The maximum Gasteiger partial charge on any atom is 0.271 e. The summed E-state index contributed by atoms with van der Waals surface area (Å²) in [6.07, 6.45) is 3.50. The van der Waals surface area contributed by atoms with Crippen molar-refractivity contribution in [2.45, 2.75) is 47.0 Å². The second-order valence-corrected chi connectivity index (χ2v) is 7.31. The van der Waals surface area contributed by atoms with E-state index < -0.39 is 0 Å². The van der Waals surface area contributed by atoms with Gasteiger partial charge in [-0.25, -0.2) is 5.43 Å². The number of carbonyl (C=O) groups is 1. The van der Waals surface area contributed by atoms with E-state index in [9.17, 15) is 4.79 Å². The number of hydrogen-bond acceptors (Lipinski definition) is 2. The number of nitrogens with zero attached hydrogens (tertiary/aromatic N) is 1. The van der Waals surface area contributed by atoms with E-state index >= 15 is 0 Å². The Labute approximate surface area is 126 Å². The summed E-state index contributed by atoms with van der Waals surface area (Å²) in [6.45, 7) is 8.94. The molecule has 21 heavy (non-hydrogen) atoms. The van der Waals surface area contributed by atoms with Gasteiger partial charge in [0.05, 0.1) is 0 Å². The molecule has 0 heterocycles. The monoisotopic (exact) mass is 284 g/mol. The van der Waals surface area contributed by atoms with Crippen LogP contribution in [-0.2, 0) is 0 Å². The van der Waals surface area contributed by atoms with Crippen LogP contribution in [0.4, 0.5) is 0 Å². The molecule has 3 heteroatoms. The summed E-state index contributed by atoms with van der Waals surface area (Å²) in [4.78, 5) is 12.3. The lowest BCUT2D eigenvalue weighted by Gasteiger charge is -2.34. The highest BCUT2D eigenvalue weighted by atomic mass is 16.2. The van der Waals surface area contributed by atoms with Gasteiger partial charge >= 0.3 is 0 Å². The first-order valence-electron chi connectivity index (χ1n) is 7.79. The van der Waals surface area contributed by atoms with Gasteiger partial charge in [0, 0.05) is 16.7 Å². The Morgan fingerprint density at radius 2 is 2.00 bits per heavy atom. The third-order valence-electron chi connectivity index (χ3n) is 6.19. The standard InChI is InChI=1S/C18H24N2O/c1-12-7-5-6-8-14(12)16(21)20-19-15-11-13-9-10-18(15,4)17(13,2)3/h5-8,13H,9-11H2,1-4H3,(H,20,21)/b19-15+. The lowest BCUT2D eigenvalue weighted by molar-refractivity contribution is 0.0953. The molecule has 2 aliphatic carbocycles. The number of fused-ring (bicyclic) bond motifs is 2. The molecule has 3 nitrogen and oxygen atoms in total. The highest BCUT2D eigenvalue weighted by Gasteiger charge is 2.59. The molecular weight excluding hydrogens is 260 g/mol. The van der Waals surface area contributed by atoms with Gasteiger partial charge in [0.25, 0.3) is 5.91 Å². The number of aryl methyl sites for hydroxylation is 1. The fourth-order valence-electron chi connectivity index (χ4n) is 4.10. The number of hydrogen-bond donors (Lipinski definition) is 1. The average Bonchev–Trinajstić information content (AvgIpc) is 2.78. The zero-order chi connectivity index (χ0) is 15.3. The van der Waals surface area contributed by atoms with Crippen molar-refractivity contribution in [1.29, 1.82) is 0 Å². The highest BCUT2D eigenvalue weighted by molar-refractivity contribution is 5.98. The number of hydrazone groups is 1. The van der Waals surface area contributed by atoms with Crippen molar-refractivity contribution in [3.05, 3.63) is 35.4 Å². The Hall–Kier alpha value is -1.64. The van der Waals surface area contributed by atoms with Crippen LogP contribution in [0, 0.1) is 23.7 Å². The summed E-state index contributed by atoms with van der Waals surface area (Å²) in [5.74, 6) is 0.599. The molecule has 3 rings (SSSR count). The van der Waals surface area contributed by atoms with Crippen molar-refractivity contribution in [3.8, 4) is 0 Å². The summed E-state index contributed by atoms with van der Waals surface area (Å²) in [5.41, 5.74) is 6.06. The minimum Gasteiger partial charge on any atom is -0.267 e. The molecule has 112 valence electrons. The van der Waals surface area contributed by atoms with Crippen molar-refractivity contribution in [2.75, 3.05) is 0 Å². The van der Waals surface area contributed by atoms with Crippen molar-refractivity contribution in [2.24, 2.45) is 21.8 Å². The predicted molar refractivity (Wildman–Crippen MR) is 85.3 cm³/mol. The first-order valence-corrected chi connectivity index (χ1v) is 7.79. The molecule has 2 fully saturated rings. The lowest BCUT2D eigenvalue weighted by atomic mass is 9.70. The van der Waals surface area contributed by atoms with Gasteiger partial charge in [0.1, 0.15) is 0 Å². The molecule has 2 unspecified atom stereocenters. The van der Waals surface area contributed by atoms with E-state index in [1.807, 2.05) is 31.2 Å². The molecule has 1 amide bonds. The number of carbonyl (C=O) groups excluding carboxylic acids is 1. The van der Waals surface area contributed by atoms with Gasteiger partial charge in [-0.15, -0.1) is 0 Å². The molecule has 0 aliphatic heterocycles. The predicted octanol–water partition coefficient (Wildman–Crippen LogP) is 3.93. The highest BCUT2D eigenvalue weighted by Crippen LogP contribution is 2.63. The van der Waals surface area contributed by atoms with E-state index in [0.29, 0.717) is 16.9 Å². The van der Waals surface area contributed by atoms with E-state index in [2.05, 4.69) is 31.3 Å². The van der Waals surface area contributed by atoms with Crippen LogP contribution in [0.25, 0.3) is 0 Å². The van der Waals surface area contributed by atoms with Gasteiger partial charge in [-0.1, -0.05) is 39.0 Å². The Balaban J connectivity index is 1.79. The molecule has 0 spiro atoms. The minimum absolute atomic E-state index is 0.107. The molecule has 2 saturated carbocycles. The van der Waals surface area contributed by atoms with Crippen LogP contribution in [0.5, 0.6) is 0 Å². The zero-order valence-electron chi connectivity index (χ0n) is 13.4. The Morgan fingerprint density at radius 1 is 1.29 bits per heavy atom. The van der Waals surface area contributed by atoms with Crippen molar-refractivity contribution in [3.63, 3.8) is 0 Å². The summed E-state index contributed by atoms with van der Waals surface area (Å²) < 4.78 is 0. The van der Waals surface area contributed by atoms with E-state index in [4.69, 9.17) is 0 Å². The molecule has 1 aromatic carbocycles. The average molecular weight is 284 g/mol. The minimum atomic E-state index is -0.107. The van der Waals surface area contributed by atoms with E-state index in [1.165, 1.54) is 18.6 Å². The van der Waals surface area contributed by atoms with Gasteiger partial charge < -0.3 is 0 Å². The first kappa shape index (κ1) is 14.3. The molecule has 1 aromatic rings. The van der Waals surface area contributed by atoms with E-state index in [0.717, 1.165) is 12.0 Å². The van der Waals surface area contributed by atoms with Gasteiger partial charge in [0.2, 0.25) is 0 Å². The lowest BCUT2D eigenvalue weighted by Crippen LogP contribution is -2.34. The third-order valence-corrected chi connectivity index (χ3v) is 6.19. The van der Waals surface area contributed by atoms with Crippen LogP contribution >= 0.6 is 0 Å². The van der Waals surface area contributed by atoms with Crippen LogP contribution in [-0.4, -0.2) is 11.6 Å². The van der Waals surface area contributed by atoms with Gasteiger partial charge in [-0.05, 0) is 49.1 Å². The Morgan fingerprint density at radius 3 is 2.57 bits per heavy atom. The molecule has 2 atom stereocenters. The molecular formula is C18H24N2O. The van der Waals surface area contributed by atoms with E-state index in [1.54, 1.807) is 0 Å². The molecule has 0 radical (unpaired) electrons. The molecule has 2 bridgehead atoms. The van der Waals surface area contributed by atoms with Crippen molar-refractivity contribution < 1.29 is 4.79 Å². The fourth-order valence-corrected chi connectivity index (χ4v) is 4.10. The normalized spacial score (nSPS) is 31.6. The first-order chi connectivity index (χ1) is 9.86. The maximum absolute atomic E-state index is 12.3. The van der Waals surface area contributed by atoms with Gasteiger partial charge in [-0.3, -0.25) is 4.79 Å². The van der Waals surface area contributed by atoms with E-state index in [-0.39, 0.29) is 11.3 Å². The molecule has 0 aromatic heterocycles. The topological polar surface area (TPSA) is 41.5 Å². The van der Waals surface area contributed by atoms with Crippen LogP contribution in [0.15, 0.2) is 29.4 Å². The second kappa shape index (κ2) is 4.69. The number of benzene rings is 1. The Kier molecular flexibility index (Phi) is 3.19. The van der Waals surface area contributed by atoms with Gasteiger partial charge in [-0.2, -0.15) is 5.10 Å². The van der Waals surface area contributed by atoms with Crippen LogP contribution in [0.2, 0.25) is 0 Å². The molecule has 2 aliphatic rings. The number of rotatable bonds is 2. The number of amides is 1. The van der Waals surface area contributed by atoms with Crippen LogP contribution in [0.1, 0.15) is 56.0 Å². The zero-order valence-corrected chi connectivity index (χ0v) is 13.4. The van der Waals surface area contributed by atoms with Crippen molar-refractivity contribution in [1.82, 2.24) is 5.43 Å². The summed E-state index contributed by atoms with van der Waals surface area (Å²) in [5, 5.41) is 4.51. The maximum atomic E-state index is 12.3. The molecule has 0 saturated heterocycles. The number of nitrogens with one attached hydrogen (secondary N) is 1. The van der Waals surface area contributed by atoms with Crippen molar-refractivity contribution >= 4 is 11.6 Å². The quantitative estimate of drug-likeness (QED) is 0.821. The Bertz CT molecular complexity index is 617. The molecule has 1 N–H and O–H groups in total. The van der Waals surface area contributed by atoms with Crippen LogP contribution < -0.4 is 5.43 Å². The van der Waals surface area contributed by atoms with Crippen LogP contribution in [0.3, 0.4) is 0 Å². The van der Waals surface area contributed by atoms with Gasteiger partial charge in [0.15, 0.2) is 0 Å². The summed E-state index contributed by atoms with van der Waals surface area (Å²) in [7, 11) is 0. The smallest absolute Gasteiger partial charge is 0.267 e. The largest absolute Gasteiger partial charge is 0.271 e. The summed E-state index contributed by atoms with van der Waals surface area (Å²) >= 11 is 0. The second-order valence-electron chi connectivity index (χ2n) is 7.31. The third kappa shape index (κ3) is 2.02. The summed E-state index contributed by atoms with van der Waals surface area (Å²) in [6, 6.07) is 7.62. The SMILES string of the molecule is Cc1ccccc1C(=O)N/N=C1\CC2CCC1(C)C2(C)C.